The normalized spacial score (nSPS) is 10.8. The topological polar surface area (TPSA) is 52.8 Å². The zero-order chi connectivity index (χ0) is 15.4. The van der Waals surface area contributed by atoms with Gasteiger partial charge in [-0.15, -0.1) is 16.4 Å². The zero-order valence-corrected chi connectivity index (χ0v) is 14.2. The predicted octanol–water partition coefficient (Wildman–Crippen LogP) is 3.74. The summed E-state index contributed by atoms with van der Waals surface area (Å²) in [4.78, 5) is 1.20. The summed E-state index contributed by atoms with van der Waals surface area (Å²) in [7, 11) is 1.65. The molecular weight excluding hydrogens is 340 g/mol. The third-order valence-electron chi connectivity index (χ3n) is 2.96. The van der Waals surface area contributed by atoms with Crippen molar-refractivity contribution in [2.75, 3.05) is 7.11 Å². The van der Waals surface area contributed by atoms with E-state index in [1.54, 1.807) is 34.9 Å². The fraction of sp³-hybridized carbons (Fsp3) is 0.214. The van der Waals surface area contributed by atoms with Crippen molar-refractivity contribution in [3.8, 4) is 5.75 Å². The van der Waals surface area contributed by atoms with E-state index >= 15 is 0 Å². The van der Waals surface area contributed by atoms with E-state index in [0.717, 1.165) is 26.6 Å². The van der Waals surface area contributed by atoms with Crippen molar-refractivity contribution in [2.45, 2.75) is 17.5 Å². The molecule has 5 nitrogen and oxygen atoms in total. The van der Waals surface area contributed by atoms with Crippen LogP contribution >= 0.6 is 34.7 Å². The Morgan fingerprint density at radius 3 is 2.73 bits per heavy atom. The quantitative estimate of drug-likeness (QED) is 0.632. The zero-order valence-electron chi connectivity index (χ0n) is 11.8. The Morgan fingerprint density at radius 1 is 1.23 bits per heavy atom. The summed E-state index contributed by atoms with van der Waals surface area (Å²) in [5.41, 5.74) is 1.12. The van der Waals surface area contributed by atoms with E-state index in [0.29, 0.717) is 6.54 Å². The molecule has 3 aromatic rings. The minimum absolute atomic E-state index is 0.629. The molecular formula is C14H13ClN4OS2. The molecule has 0 unspecified atom stereocenters. The van der Waals surface area contributed by atoms with Crippen molar-refractivity contribution in [3.05, 3.63) is 51.2 Å². The van der Waals surface area contributed by atoms with E-state index < -0.39 is 0 Å². The Morgan fingerprint density at radius 2 is 2.05 bits per heavy atom. The first-order valence-corrected chi connectivity index (χ1v) is 8.69. The van der Waals surface area contributed by atoms with E-state index in [2.05, 4.69) is 15.5 Å². The van der Waals surface area contributed by atoms with Gasteiger partial charge in [-0.3, -0.25) is 0 Å². The van der Waals surface area contributed by atoms with Gasteiger partial charge in [0.25, 0.3) is 0 Å². The lowest BCUT2D eigenvalue weighted by atomic mass is 10.2. The Balaban J connectivity index is 1.66. The lowest BCUT2D eigenvalue weighted by molar-refractivity contribution is 0.414. The molecule has 0 saturated heterocycles. The van der Waals surface area contributed by atoms with E-state index in [1.165, 1.54) is 4.88 Å². The van der Waals surface area contributed by atoms with Crippen LogP contribution in [0.25, 0.3) is 0 Å². The maximum absolute atomic E-state index is 5.94. The first-order valence-electron chi connectivity index (χ1n) is 6.51. The molecule has 0 aliphatic heterocycles. The van der Waals surface area contributed by atoms with E-state index in [1.807, 2.05) is 36.4 Å². The number of hydrogen-bond donors (Lipinski definition) is 0. The highest BCUT2D eigenvalue weighted by molar-refractivity contribution is 7.98. The number of aromatic nitrogens is 4. The van der Waals surface area contributed by atoms with Crippen molar-refractivity contribution in [3.63, 3.8) is 0 Å². The minimum atomic E-state index is 0.629. The van der Waals surface area contributed by atoms with Crippen molar-refractivity contribution in [1.29, 1.82) is 0 Å². The monoisotopic (exact) mass is 352 g/mol. The van der Waals surface area contributed by atoms with Crippen LogP contribution < -0.4 is 4.74 Å². The predicted molar refractivity (Wildman–Crippen MR) is 88.8 cm³/mol. The summed E-state index contributed by atoms with van der Waals surface area (Å²) in [6, 6.07) is 11.8. The lowest BCUT2D eigenvalue weighted by Gasteiger charge is -2.05. The summed E-state index contributed by atoms with van der Waals surface area (Å²) < 4.78 is 7.75. The van der Waals surface area contributed by atoms with Crippen molar-refractivity contribution in [2.24, 2.45) is 0 Å². The maximum Gasteiger partial charge on any atom is 0.209 e. The van der Waals surface area contributed by atoms with E-state index in [9.17, 15) is 0 Å². The molecule has 0 amide bonds. The minimum Gasteiger partial charge on any atom is -0.497 e. The van der Waals surface area contributed by atoms with Gasteiger partial charge in [0.05, 0.1) is 18.0 Å². The third kappa shape index (κ3) is 3.79. The average molecular weight is 353 g/mol. The third-order valence-corrected chi connectivity index (χ3v) is 5.38. The van der Waals surface area contributed by atoms with Crippen LogP contribution in [-0.4, -0.2) is 27.3 Å². The summed E-state index contributed by atoms with van der Waals surface area (Å²) >= 11 is 9.12. The number of methoxy groups -OCH3 is 1. The molecule has 114 valence electrons. The molecule has 0 atom stereocenters. The maximum atomic E-state index is 5.94. The van der Waals surface area contributed by atoms with Crippen molar-refractivity contribution < 1.29 is 4.74 Å². The number of thioether (sulfide) groups is 1. The van der Waals surface area contributed by atoms with Gasteiger partial charge >= 0.3 is 0 Å². The highest BCUT2D eigenvalue weighted by atomic mass is 35.5. The lowest BCUT2D eigenvalue weighted by Crippen LogP contribution is -2.03. The molecule has 0 aliphatic carbocycles. The Labute approximate surface area is 141 Å². The van der Waals surface area contributed by atoms with Gasteiger partial charge in [0.15, 0.2) is 0 Å². The standard InChI is InChI=1S/C14H13ClN4OS2/c1-20-11-4-2-10(3-5-11)8-19-14(16-17-18-19)21-9-12-6-7-13(15)22-12/h2-7H,8-9H2,1H3. The van der Waals surface area contributed by atoms with Crippen molar-refractivity contribution >= 4 is 34.7 Å². The van der Waals surface area contributed by atoms with E-state index in [-0.39, 0.29) is 0 Å². The number of hydrogen-bond acceptors (Lipinski definition) is 6. The molecule has 2 aromatic heterocycles. The molecule has 0 bridgehead atoms. The van der Waals surface area contributed by atoms with Gasteiger partial charge in [0.2, 0.25) is 5.16 Å². The number of ether oxygens (including phenoxy) is 1. The molecule has 0 aliphatic rings. The number of nitrogens with zero attached hydrogens (tertiary/aromatic N) is 4. The number of halogens is 1. The Hall–Kier alpha value is -1.57. The highest BCUT2D eigenvalue weighted by Gasteiger charge is 2.09. The van der Waals surface area contributed by atoms with Crippen LogP contribution in [-0.2, 0) is 12.3 Å². The first-order chi connectivity index (χ1) is 10.7. The molecule has 0 radical (unpaired) electrons. The highest BCUT2D eigenvalue weighted by Crippen LogP contribution is 2.28. The van der Waals surface area contributed by atoms with E-state index in [4.69, 9.17) is 16.3 Å². The van der Waals surface area contributed by atoms with Crippen LogP contribution in [0.4, 0.5) is 0 Å². The smallest absolute Gasteiger partial charge is 0.209 e. The summed E-state index contributed by atoms with van der Waals surface area (Å²) in [5.74, 6) is 1.64. The van der Waals surface area contributed by atoms with Gasteiger partial charge in [0, 0.05) is 10.6 Å². The Bertz CT molecular complexity index is 741. The van der Waals surface area contributed by atoms with Crippen LogP contribution in [0.1, 0.15) is 10.4 Å². The van der Waals surface area contributed by atoms with Crippen LogP contribution in [0.5, 0.6) is 5.75 Å². The molecule has 3 rings (SSSR count). The fourth-order valence-electron chi connectivity index (χ4n) is 1.87. The summed E-state index contributed by atoms with van der Waals surface area (Å²) in [6.07, 6.45) is 0. The second-order valence-corrected chi connectivity index (χ2v) is 7.20. The first kappa shape index (κ1) is 15.3. The molecule has 1 aromatic carbocycles. The number of benzene rings is 1. The van der Waals surface area contributed by atoms with Gasteiger partial charge in [-0.05, 0) is 40.3 Å². The SMILES string of the molecule is COc1ccc(Cn2nnnc2SCc2ccc(Cl)s2)cc1. The van der Waals surface area contributed by atoms with Gasteiger partial charge in [0.1, 0.15) is 5.75 Å². The number of thiophene rings is 1. The summed E-state index contributed by atoms with van der Waals surface area (Å²) in [6.45, 7) is 0.629. The molecule has 0 saturated carbocycles. The Kier molecular flexibility index (Phi) is 4.97. The second-order valence-electron chi connectivity index (χ2n) is 4.46. The molecule has 0 N–H and O–H groups in total. The van der Waals surface area contributed by atoms with Crippen LogP contribution in [0, 0.1) is 0 Å². The van der Waals surface area contributed by atoms with Gasteiger partial charge < -0.3 is 4.74 Å². The van der Waals surface area contributed by atoms with Crippen LogP contribution in [0.2, 0.25) is 4.34 Å². The van der Waals surface area contributed by atoms with Crippen molar-refractivity contribution in [1.82, 2.24) is 20.2 Å². The molecule has 2 heterocycles. The molecule has 0 fully saturated rings. The molecule has 0 spiro atoms. The van der Waals surface area contributed by atoms with Gasteiger partial charge in [-0.1, -0.05) is 35.5 Å². The average Bonchev–Trinajstić information content (AvgIpc) is 3.15. The molecule has 8 heteroatoms. The van der Waals surface area contributed by atoms with Gasteiger partial charge in [-0.25, -0.2) is 4.68 Å². The summed E-state index contributed by atoms with van der Waals surface area (Å²) in [5, 5.41) is 12.7. The number of rotatable bonds is 6. The van der Waals surface area contributed by atoms with Gasteiger partial charge in [-0.2, -0.15) is 0 Å². The largest absolute Gasteiger partial charge is 0.497 e. The van der Waals surface area contributed by atoms with Crippen LogP contribution in [0.3, 0.4) is 0 Å². The second kappa shape index (κ2) is 7.13. The number of tetrazole rings is 1. The molecule has 22 heavy (non-hydrogen) atoms. The fourth-order valence-corrected chi connectivity index (χ4v) is 3.88. The van der Waals surface area contributed by atoms with Crippen LogP contribution in [0.15, 0.2) is 41.6 Å².